The number of benzene rings is 1. The Kier molecular flexibility index (Phi) is 4.57. The summed E-state index contributed by atoms with van der Waals surface area (Å²) < 4.78 is 17.9. The highest BCUT2D eigenvalue weighted by atomic mass is 35.5. The van der Waals surface area contributed by atoms with Crippen molar-refractivity contribution in [2.45, 2.75) is 13.8 Å². The number of thiazole rings is 1. The summed E-state index contributed by atoms with van der Waals surface area (Å²) in [5.74, 6) is -0.873. The van der Waals surface area contributed by atoms with E-state index in [2.05, 4.69) is 10.3 Å². The van der Waals surface area contributed by atoms with Crippen LogP contribution in [0.25, 0.3) is 0 Å². The first-order valence-corrected chi connectivity index (χ1v) is 7.07. The zero-order valence-corrected chi connectivity index (χ0v) is 12.4. The molecule has 1 N–H and O–H groups in total. The molecule has 0 amide bonds. The number of carbonyl (C=O) groups excluding carboxylic acids is 1. The van der Waals surface area contributed by atoms with Crippen LogP contribution in [0.4, 0.5) is 15.2 Å². The molecule has 4 nitrogen and oxygen atoms in total. The molecule has 0 aliphatic heterocycles. The van der Waals surface area contributed by atoms with Crippen molar-refractivity contribution < 1.29 is 13.9 Å². The highest BCUT2D eigenvalue weighted by Gasteiger charge is 2.17. The summed E-state index contributed by atoms with van der Waals surface area (Å²) in [6.45, 7) is 3.81. The van der Waals surface area contributed by atoms with E-state index in [0.29, 0.717) is 17.4 Å². The molecule has 7 heteroatoms. The fourth-order valence-electron chi connectivity index (χ4n) is 1.54. The Hall–Kier alpha value is -1.66. The van der Waals surface area contributed by atoms with Crippen molar-refractivity contribution in [3.05, 3.63) is 39.6 Å². The van der Waals surface area contributed by atoms with Crippen LogP contribution < -0.4 is 5.32 Å². The Morgan fingerprint density at radius 1 is 1.55 bits per heavy atom. The largest absolute Gasteiger partial charge is 0.461 e. The summed E-state index contributed by atoms with van der Waals surface area (Å²) in [7, 11) is 0. The number of hydrogen-bond donors (Lipinski definition) is 1. The molecule has 0 aliphatic rings. The first kappa shape index (κ1) is 14.7. The van der Waals surface area contributed by atoms with Gasteiger partial charge in [0.1, 0.15) is 5.82 Å². The van der Waals surface area contributed by atoms with Crippen molar-refractivity contribution in [1.29, 1.82) is 0 Å². The molecule has 20 heavy (non-hydrogen) atoms. The maximum Gasteiger partial charge on any atom is 0.358 e. The van der Waals surface area contributed by atoms with Crippen LogP contribution in [0, 0.1) is 12.7 Å². The first-order chi connectivity index (χ1) is 9.51. The Bertz CT molecular complexity index is 645. The van der Waals surface area contributed by atoms with Gasteiger partial charge in [0.25, 0.3) is 0 Å². The number of carbonyl (C=O) groups is 1. The number of anilines is 2. The number of aryl methyl sites for hydroxylation is 1. The first-order valence-electron chi connectivity index (χ1n) is 5.88. The molecular formula is C13H12ClFN2O2S. The van der Waals surface area contributed by atoms with Crippen LogP contribution in [-0.2, 0) is 4.74 Å². The predicted octanol–water partition coefficient (Wildman–Crippen LogP) is 4.16. The van der Waals surface area contributed by atoms with E-state index in [-0.39, 0.29) is 10.7 Å². The van der Waals surface area contributed by atoms with E-state index in [1.54, 1.807) is 13.8 Å². The van der Waals surface area contributed by atoms with Crippen molar-refractivity contribution in [1.82, 2.24) is 4.98 Å². The van der Waals surface area contributed by atoms with E-state index in [0.717, 1.165) is 4.88 Å². The molecular weight excluding hydrogens is 303 g/mol. The van der Waals surface area contributed by atoms with Crippen LogP contribution in [0.2, 0.25) is 5.02 Å². The summed E-state index contributed by atoms with van der Waals surface area (Å²) in [4.78, 5) is 16.6. The fourth-order valence-corrected chi connectivity index (χ4v) is 2.57. The Morgan fingerprint density at radius 3 is 2.95 bits per heavy atom. The summed E-state index contributed by atoms with van der Waals surface area (Å²) in [5.41, 5.74) is 0.801. The lowest BCUT2D eigenvalue weighted by molar-refractivity contribution is 0.0519. The van der Waals surface area contributed by atoms with Crippen LogP contribution in [0.15, 0.2) is 18.2 Å². The van der Waals surface area contributed by atoms with Crippen LogP contribution in [0.5, 0.6) is 0 Å². The van der Waals surface area contributed by atoms with Gasteiger partial charge in [-0.05, 0) is 32.0 Å². The summed E-state index contributed by atoms with van der Waals surface area (Å²) in [5, 5.41) is 3.70. The van der Waals surface area contributed by atoms with Crippen LogP contribution in [0.1, 0.15) is 22.3 Å². The van der Waals surface area contributed by atoms with E-state index in [4.69, 9.17) is 16.3 Å². The normalized spacial score (nSPS) is 10.4. The predicted molar refractivity (Wildman–Crippen MR) is 77.5 cm³/mol. The van der Waals surface area contributed by atoms with Gasteiger partial charge in [-0.25, -0.2) is 14.2 Å². The Morgan fingerprint density at radius 2 is 2.30 bits per heavy atom. The Balaban J connectivity index is 2.22. The molecule has 1 aromatic heterocycles. The van der Waals surface area contributed by atoms with Gasteiger partial charge in [-0.3, -0.25) is 0 Å². The Labute approximate surface area is 124 Å². The number of rotatable bonds is 4. The van der Waals surface area contributed by atoms with Crippen LogP contribution in [0.3, 0.4) is 0 Å². The highest BCUT2D eigenvalue weighted by Crippen LogP contribution is 2.30. The third-order valence-corrected chi connectivity index (χ3v) is 3.64. The molecule has 106 valence electrons. The van der Waals surface area contributed by atoms with Crippen molar-refractivity contribution in [3.63, 3.8) is 0 Å². The van der Waals surface area contributed by atoms with Gasteiger partial charge in [0, 0.05) is 4.88 Å². The number of halogens is 2. The standard InChI is InChI=1S/C13H12ClFN2O2S/c1-3-19-12(18)11-7(2)20-13(17-11)16-10-5-4-8(15)6-9(10)14/h4-6H,3H2,1-2H3,(H,16,17). The lowest BCUT2D eigenvalue weighted by Gasteiger charge is -2.04. The van der Waals surface area contributed by atoms with Gasteiger partial charge in [-0.15, -0.1) is 11.3 Å². The number of aromatic nitrogens is 1. The van der Waals surface area contributed by atoms with Crippen LogP contribution in [-0.4, -0.2) is 17.6 Å². The molecule has 0 aliphatic carbocycles. The van der Waals surface area contributed by atoms with Gasteiger partial charge < -0.3 is 10.1 Å². The SMILES string of the molecule is CCOC(=O)c1nc(Nc2ccc(F)cc2Cl)sc1C. The number of esters is 1. The average molecular weight is 315 g/mol. The quantitative estimate of drug-likeness (QED) is 0.861. The van der Waals surface area contributed by atoms with Gasteiger partial charge in [0.05, 0.1) is 17.3 Å². The van der Waals surface area contributed by atoms with Crippen molar-refractivity contribution >= 4 is 39.7 Å². The second kappa shape index (κ2) is 6.19. The van der Waals surface area contributed by atoms with Crippen molar-refractivity contribution in [2.75, 3.05) is 11.9 Å². The summed E-state index contributed by atoms with van der Waals surface area (Å²) >= 11 is 7.22. The van der Waals surface area contributed by atoms with Gasteiger partial charge in [-0.1, -0.05) is 11.6 Å². The van der Waals surface area contributed by atoms with Gasteiger partial charge in [0.15, 0.2) is 10.8 Å². The lowest BCUT2D eigenvalue weighted by atomic mass is 10.3. The maximum atomic E-state index is 13.0. The molecule has 0 atom stereocenters. The molecule has 2 aromatic rings. The monoisotopic (exact) mass is 314 g/mol. The smallest absolute Gasteiger partial charge is 0.358 e. The average Bonchev–Trinajstić information content (AvgIpc) is 2.74. The molecule has 0 saturated heterocycles. The number of ether oxygens (including phenoxy) is 1. The van der Waals surface area contributed by atoms with E-state index < -0.39 is 11.8 Å². The van der Waals surface area contributed by atoms with E-state index in [9.17, 15) is 9.18 Å². The molecule has 0 saturated carbocycles. The van der Waals surface area contributed by atoms with Crippen molar-refractivity contribution in [3.8, 4) is 0 Å². The molecule has 0 spiro atoms. The van der Waals surface area contributed by atoms with Gasteiger partial charge in [0.2, 0.25) is 0 Å². The molecule has 0 fully saturated rings. The van der Waals surface area contributed by atoms with E-state index in [1.165, 1.54) is 29.5 Å². The molecule has 0 radical (unpaired) electrons. The third-order valence-electron chi connectivity index (χ3n) is 2.44. The molecule has 0 unspecified atom stereocenters. The maximum absolute atomic E-state index is 13.0. The number of hydrogen-bond acceptors (Lipinski definition) is 5. The minimum atomic E-state index is -0.459. The van der Waals surface area contributed by atoms with Crippen LogP contribution >= 0.6 is 22.9 Å². The van der Waals surface area contributed by atoms with Gasteiger partial charge >= 0.3 is 5.97 Å². The fraction of sp³-hybridized carbons (Fsp3) is 0.231. The topological polar surface area (TPSA) is 51.2 Å². The highest BCUT2D eigenvalue weighted by molar-refractivity contribution is 7.15. The molecule has 1 heterocycles. The second-order valence-electron chi connectivity index (χ2n) is 3.89. The van der Waals surface area contributed by atoms with Crippen molar-refractivity contribution in [2.24, 2.45) is 0 Å². The number of nitrogens with one attached hydrogen (secondary N) is 1. The second-order valence-corrected chi connectivity index (χ2v) is 5.50. The summed E-state index contributed by atoms with van der Waals surface area (Å²) in [6, 6.07) is 4.01. The van der Waals surface area contributed by atoms with E-state index >= 15 is 0 Å². The molecule has 0 bridgehead atoms. The van der Waals surface area contributed by atoms with E-state index in [1.807, 2.05) is 0 Å². The minimum Gasteiger partial charge on any atom is -0.461 e. The zero-order valence-electron chi connectivity index (χ0n) is 10.9. The lowest BCUT2D eigenvalue weighted by Crippen LogP contribution is -2.06. The minimum absolute atomic E-state index is 0.246. The number of nitrogens with zero attached hydrogens (tertiary/aromatic N) is 1. The molecule has 2 rings (SSSR count). The third kappa shape index (κ3) is 3.26. The summed E-state index contributed by atoms with van der Waals surface area (Å²) in [6.07, 6.45) is 0. The zero-order chi connectivity index (χ0) is 14.7. The van der Waals surface area contributed by atoms with Gasteiger partial charge in [-0.2, -0.15) is 0 Å². The molecule has 1 aromatic carbocycles.